The summed E-state index contributed by atoms with van der Waals surface area (Å²) in [5.74, 6) is 0. The molecule has 0 amide bonds. The van der Waals surface area contributed by atoms with Crippen LogP contribution in [0.2, 0.25) is 0 Å². The van der Waals surface area contributed by atoms with Gasteiger partial charge in [-0.2, -0.15) is 5.10 Å². The van der Waals surface area contributed by atoms with Crippen molar-refractivity contribution >= 4 is 5.69 Å². The fraction of sp³-hybridized carbons (Fsp3) is 0.250. The summed E-state index contributed by atoms with van der Waals surface area (Å²) < 4.78 is 0. The number of hydrogen-bond acceptors (Lipinski definition) is 2. The molecule has 0 bridgehead atoms. The van der Waals surface area contributed by atoms with Crippen LogP contribution in [0.15, 0.2) is 24.3 Å². The van der Waals surface area contributed by atoms with Crippen molar-refractivity contribution in [3.8, 4) is 11.3 Å². The SMILES string of the molecule is CCc1cc(-c2ccc(C)c(N)c2)[nH]n1. The van der Waals surface area contributed by atoms with E-state index in [0.717, 1.165) is 34.6 Å². The normalized spacial score (nSPS) is 10.5. The molecule has 0 radical (unpaired) electrons. The number of aromatic amines is 1. The standard InChI is InChI=1S/C12H15N3/c1-3-10-7-12(15-14-10)9-5-4-8(2)11(13)6-9/h4-7H,3,13H2,1-2H3,(H,14,15). The van der Waals surface area contributed by atoms with Crippen LogP contribution in [0.1, 0.15) is 18.2 Å². The van der Waals surface area contributed by atoms with E-state index in [4.69, 9.17) is 5.73 Å². The van der Waals surface area contributed by atoms with Crippen molar-refractivity contribution in [3.63, 3.8) is 0 Å². The quantitative estimate of drug-likeness (QED) is 0.733. The van der Waals surface area contributed by atoms with Gasteiger partial charge in [-0.15, -0.1) is 0 Å². The van der Waals surface area contributed by atoms with Crippen LogP contribution < -0.4 is 5.73 Å². The fourth-order valence-corrected chi connectivity index (χ4v) is 1.50. The lowest BCUT2D eigenvalue weighted by Gasteiger charge is -2.02. The molecule has 0 aliphatic heterocycles. The molecule has 3 N–H and O–H groups in total. The number of hydrogen-bond donors (Lipinski definition) is 2. The summed E-state index contributed by atoms with van der Waals surface area (Å²) >= 11 is 0. The van der Waals surface area contributed by atoms with E-state index in [9.17, 15) is 0 Å². The Bertz CT molecular complexity index is 471. The van der Waals surface area contributed by atoms with E-state index in [2.05, 4.69) is 29.3 Å². The first-order valence-corrected chi connectivity index (χ1v) is 5.11. The second-order valence-corrected chi connectivity index (χ2v) is 3.70. The molecule has 0 saturated carbocycles. The van der Waals surface area contributed by atoms with E-state index in [1.54, 1.807) is 0 Å². The lowest BCUT2D eigenvalue weighted by Crippen LogP contribution is -1.89. The Labute approximate surface area is 89.3 Å². The van der Waals surface area contributed by atoms with E-state index in [1.165, 1.54) is 0 Å². The molecule has 0 fully saturated rings. The summed E-state index contributed by atoms with van der Waals surface area (Å²) in [5.41, 5.74) is 11.0. The smallest absolute Gasteiger partial charge is 0.0653 e. The first-order valence-electron chi connectivity index (χ1n) is 5.11. The number of nitrogens with zero attached hydrogens (tertiary/aromatic N) is 1. The van der Waals surface area contributed by atoms with Crippen LogP contribution in [-0.2, 0) is 6.42 Å². The molecule has 0 atom stereocenters. The summed E-state index contributed by atoms with van der Waals surface area (Å²) in [4.78, 5) is 0. The predicted octanol–water partition coefficient (Wildman–Crippen LogP) is 2.53. The van der Waals surface area contributed by atoms with Gasteiger partial charge in [0.1, 0.15) is 0 Å². The minimum absolute atomic E-state index is 0.820. The van der Waals surface area contributed by atoms with Crippen molar-refractivity contribution in [1.82, 2.24) is 10.2 Å². The molecular formula is C12H15N3. The maximum Gasteiger partial charge on any atom is 0.0653 e. The molecule has 2 aromatic rings. The van der Waals surface area contributed by atoms with Gasteiger partial charge in [-0.3, -0.25) is 5.10 Å². The highest BCUT2D eigenvalue weighted by Gasteiger charge is 2.03. The van der Waals surface area contributed by atoms with E-state index in [1.807, 2.05) is 19.1 Å². The minimum Gasteiger partial charge on any atom is -0.398 e. The number of aryl methyl sites for hydroxylation is 2. The Morgan fingerprint density at radius 2 is 2.13 bits per heavy atom. The summed E-state index contributed by atoms with van der Waals surface area (Å²) in [6.07, 6.45) is 0.942. The second-order valence-electron chi connectivity index (χ2n) is 3.70. The third kappa shape index (κ3) is 1.86. The van der Waals surface area contributed by atoms with E-state index in [0.29, 0.717) is 0 Å². The van der Waals surface area contributed by atoms with Crippen LogP contribution in [0.4, 0.5) is 5.69 Å². The number of rotatable bonds is 2. The summed E-state index contributed by atoms with van der Waals surface area (Å²) in [5, 5.41) is 7.21. The lowest BCUT2D eigenvalue weighted by molar-refractivity contribution is 0.976. The molecule has 0 saturated heterocycles. The van der Waals surface area contributed by atoms with Gasteiger partial charge in [0.25, 0.3) is 0 Å². The van der Waals surface area contributed by atoms with Crippen LogP contribution in [0, 0.1) is 6.92 Å². The number of nitrogens with one attached hydrogen (secondary N) is 1. The van der Waals surface area contributed by atoms with Crippen molar-refractivity contribution in [2.75, 3.05) is 5.73 Å². The van der Waals surface area contributed by atoms with Crippen LogP contribution in [-0.4, -0.2) is 10.2 Å². The zero-order valence-corrected chi connectivity index (χ0v) is 9.04. The van der Waals surface area contributed by atoms with Crippen molar-refractivity contribution in [3.05, 3.63) is 35.5 Å². The largest absolute Gasteiger partial charge is 0.398 e. The van der Waals surface area contributed by atoms with Gasteiger partial charge in [0.15, 0.2) is 0 Å². The van der Waals surface area contributed by atoms with Crippen molar-refractivity contribution < 1.29 is 0 Å². The van der Waals surface area contributed by atoms with Gasteiger partial charge in [-0.25, -0.2) is 0 Å². The summed E-state index contributed by atoms with van der Waals surface area (Å²) in [7, 11) is 0. The van der Waals surface area contributed by atoms with E-state index >= 15 is 0 Å². The fourth-order valence-electron chi connectivity index (χ4n) is 1.50. The van der Waals surface area contributed by atoms with Gasteiger partial charge in [0, 0.05) is 11.3 Å². The Morgan fingerprint density at radius 3 is 2.73 bits per heavy atom. The Hall–Kier alpha value is -1.77. The number of H-pyrrole nitrogens is 1. The number of aromatic nitrogens is 2. The Kier molecular flexibility index (Phi) is 2.46. The topological polar surface area (TPSA) is 54.7 Å². The number of benzene rings is 1. The van der Waals surface area contributed by atoms with Crippen LogP contribution in [0.3, 0.4) is 0 Å². The first-order chi connectivity index (χ1) is 7.20. The van der Waals surface area contributed by atoms with Gasteiger partial charge < -0.3 is 5.73 Å². The monoisotopic (exact) mass is 201 g/mol. The lowest BCUT2D eigenvalue weighted by atomic mass is 10.1. The molecule has 3 nitrogen and oxygen atoms in total. The van der Waals surface area contributed by atoms with Gasteiger partial charge in [0.05, 0.1) is 11.4 Å². The molecule has 0 spiro atoms. The molecule has 15 heavy (non-hydrogen) atoms. The van der Waals surface area contributed by atoms with Crippen LogP contribution >= 0.6 is 0 Å². The molecular weight excluding hydrogens is 186 g/mol. The average molecular weight is 201 g/mol. The molecule has 1 aromatic heterocycles. The van der Waals surface area contributed by atoms with Gasteiger partial charge in [0.2, 0.25) is 0 Å². The third-order valence-electron chi connectivity index (χ3n) is 2.58. The summed E-state index contributed by atoms with van der Waals surface area (Å²) in [6.45, 7) is 4.09. The third-order valence-corrected chi connectivity index (χ3v) is 2.58. The highest BCUT2D eigenvalue weighted by molar-refractivity contribution is 5.66. The highest BCUT2D eigenvalue weighted by Crippen LogP contribution is 2.22. The van der Waals surface area contributed by atoms with Gasteiger partial charge >= 0.3 is 0 Å². The molecule has 0 aliphatic carbocycles. The van der Waals surface area contributed by atoms with Crippen molar-refractivity contribution in [2.45, 2.75) is 20.3 Å². The molecule has 0 aliphatic rings. The van der Waals surface area contributed by atoms with Crippen LogP contribution in [0.25, 0.3) is 11.3 Å². The molecule has 1 aromatic carbocycles. The number of nitrogen functional groups attached to an aromatic ring is 1. The maximum absolute atomic E-state index is 5.86. The zero-order valence-electron chi connectivity index (χ0n) is 9.04. The summed E-state index contributed by atoms with van der Waals surface area (Å²) in [6, 6.07) is 8.11. The maximum atomic E-state index is 5.86. The number of anilines is 1. The molecule has 2 rings (SSSR count). The molecule has 0 unspecified atom stereocenters. The van der Waals surface area contributed by atoms with Crippen molar-refractivity contribution in [2.24, 2.45) is 0 Å². The Balaban J connectivity index is 2.40. The molecule has 1 heterocycles. The van der Waals surface area contributed by atoms with Gasteiger partial charge in [-0.05, 0) is 31.0 Å². The van der Waals surface area contributed by atoms with Crippen molar-refractivity contribution in [1.29, 1.82) is 0 Å². The van der Waals surface area contributed by atoms with E-state index < -0.39 is 0 Å². The number of nitrogens with two attached hydrogens (primary N) is 1. The molecule has 78 valence electrons. The van der Waals surface area contributed by atoms with E-state index in [-0.39, 0.29) is 0 Å². The average Bonchev–Trinajstić information content (AvgIpc) is 2.70. The Morgan fingerprint density at radius 1 is 1.33 bits per heavy atom. The first kappa shape index (κ1) is 9.77. The van der Waals surface area contributed by atoms with Crippen LogP contribution in [0.5, 0.6) is 0 Å². The van der Waals surface area contributed by atoms with Gasteiger partial charge in [-0.1, -0.05) is 19.1 Å². The minimum atomic E-state index is 0.820. The highest BCUT2D eigenvalue weighted by atomic mass is 15.1. The second kappa shape index (κ2) is 3.77. The predicted molar refractivity (Wildman–Crippen MR) is 62.6 cm³/mol. The zero-order chi connectivity index (χ0) is 10.8. The molecule has 3 heteroatoms.